The molecule has 86 valence electrons. The van der Waals surface area contributed by atoms with Gasteiger partial charge in [-0.05, 0) is 5.92 Å². The average molecular weight is 213 g/mol. The van der Waals surface area contributed by atoms with Crippen LogP contribution in [0.5, 0.6) is 0 Å². The number of nitrogens with two attached hydrogens (primary N) is 1. The minimum atomic E-state index is 0.147. The first-order valence-electron chi connectivity index (χ1n) is 5.20. The zero-order valence-corrected chi connectivity index (χ0v) is 9.56. The Hall–Kier alpha value is -0.940. The van der Waals surface area contributed by atoms with Gasteiger partial charge < -0.3 is 15.0 Å². The normalized spacial score (nSPS) is 13.4. The largest absolute Gasteiger partial charge is 0.384 e. The third-order valence-electron chi connectivity index (χ3n) is 2.39. The van der Waals surface area contributed by atoms with Crippen molar-refractivity contribution in [2.75, 3.05) is 20.3 Å². The van der Waals surface area contributed by atoms with Crippen molar-refractivity contribution in [2.45, 2.75) is 26.2 Å². The Labute approximate surface area is 90.0 Å². The van der Waals surface area contributed by atoms with E-state index in [1.807, 2.05) is 0 Å². The van der Waals surface area contributed by atoms with Crippen LogP contribution in [0.4, 0.5) is 0 Å². The lowest BCUT2D eigenvalue weighted by molar-refractivity contribution is 0.199. The Morgan fingerprint density at radius 3 is 2.73 bits per heavy atom. The van der Waals surface area contributed by atoms with Gasteiger partial charge in [0.25, 0.3) is 0 Å². The van der Waals surface area contributed by atoms with E-state index in [0.29, 0.717) is 37.2 Å². The van der Waals surface area contributed by atoms with Gasteiger partial charge in [0.05, 0.1) is 12.5 Å². The van der Waals surface area contributed by atoms with Gasteiger partial charge in [0.2, 0.25) is 5.89 Å². The van der Waals surface area contributed by atoms with Crippen molar-refractivity contribution in [2.24, 2.45) is 11.7 Å². The SMILES string of the molecule is COCCc1noc(C(CN)C(C)C)n1. The number of hydrogen-bond donors (Lipinski definition) is 1. The van der Waals surface area contributed by atoms with Crippen LogP contribution >= 0.6 is 0 Å². The van der Waals surface area contributed by atoms with Gasteiger partial charge in [-0.25, -0.2) is 0 Å². The molecule has 0 spiro atoms. The molecule has 0 bridgehead atoms. The lowest BCUT2D eigenvalue weighted by Crippen LogP contribution is -2.18. The lowest BCUT2D eigenvalue weighted by atomic mass is 9.96. The minimum Gasteiger partial charge on any atom is -0.384 e. The molecule has 0 aliphatic rings. The Morgan fingerprint density at radius 1 is 1.47 bits per heavy atom. The van der Waals surface area contributed by atoms with E-state index < -0.39 is 0 Å². The first kappa shape index (κ1) is 12.1. The summed E-state index contributed by atoms with van der Waals surface area (Å²) in [7, 11) is 1.65. The Kier molecular flexibility index (Phi) is 4.71. The van der Waals surface area contributed by atoms with Gasteiger partial charge in [-0.1, -0.05) is 19.0 Å². The third kappa shape index (κ3) is 3.28. The molecule has 0 aliphatic carbocycles. The summed E-state index contributed by atoms with van der Waals surface area (Å²) < 4.78 is 10.1. The molecule has 0 aromatic carbocycles. The first-order chi connectivity index (χ1) is 7.19. The molecule has 1 aromatic rings. The maximum absolute atomic E-state index is 5.66. The molecule has 1 rings (SSSR count). The molecule has 15 heavy (non-hydrogen) atoms. The quantitative estimate of drug-likeness (QED) is 0.761. The highest BCUT2D eigenvalue weighted by molar-refractivity contribution is 4.96. The van der Waals surface area contributed by atoms with Crippen LogP contribution in [0.1, 0.15) is 31.5 Å². The lowest BCUT2D eigenvalue weighted by Gasteiger charge is -2.13. The van der Waals surface area contributed by atoms with Crippen LogP contribution < -0.4 is 5.73 Å². The second-order valence-corrected chi connectivity index (χ2v) is 3.88. The molecule has 1 aromatic heterocycles. The number of hydrogen-bond acceptors (Lipinski definition) is 5. The minimum absolute atomic E-state index is 0.147. The summed E-state index contributed by atoms with van der Waals surface area (Å²) in [6.45, 7) is 5.32. The fourth-order valence-electron chi connectivity index (χ4n) is 1.37. The van der Waals surface area contributed by atoms with Crippen molar-refractivity contribution >= 4 is 0 Å². The predicted octanol–water partition coefficient (Wildman–Crippen LogP) is 0.957. The smallest absolute Gasteiger partial charge is 0.231 e. The fourth-order valence-corrected chi connectivity index (χ4v) is 1.37. The van der Waals surface area contributed by atoms with Gasteiger partial charge in [0.1, 0.15) is 0 Å². The van der Waals surface area contributed by atoms with Crippen LogP contribution in [-0.2, 0) is 11.2 Å². The van der Waals surface area contributed by atoms with E-state index in [-0.39, 0.29) is 5.92 Å². The molecule has 2 N–H and O–H groups in total. The molecule has 1 heterocycles. The van der Waals surface area contributed by atoms with Crippen LogP contribution in [-0.4, -0.2) is 30.4 Å². The molecule has 0 radical (unpaired) electrons. The molecular formula is C10H19N3O2. The Bertz CT molecular complexity index is 286. The van der Waals surface area contributed by atoms with Crippen molar-refractivity contribution in [3.8, 4) is 0 Å². The van der Waals surface area contributed by atoms with Crippen molar-refractivity contribution in [1.82, 2.24) is 10.1 Å². The Balaban J connectivity index is 2.65. The van der Waals surface area contributed by atoms with Crippen molar-refractivity contribution in [3.63, 3.8) is 0 Å². The topological polar surface area (TPSA) is 74.2 Å². The highest BCUT2D eigenvalue weighted by Crippen LogP contribution is 2.21. The zero-order chi connectivity index (χ0) is 11.3. The Morgan fingerprint density at radius 2 is 2.20 bits per heavy atom. The van der Waals surface area contributed by atoms with Crippen molar-refractivity contribution in [1.29, 1.82) is 0 Å². The maximum atomic E-state index is 5.66. The summed E-state index contributed by atoms with van der Waals surface area (Å²) in [6.07, 6.45) is 0.676. The van der Waals surface area contributed by atoms with Gasteiger partial charge in [0, 0.05) is 20.1 Å². The van der Waals surface area contributed by atoms with E-state index in [2.05, 4.69) is 24.0 Å². The van der Waals surface area contributed by atoms with Gasteiger partial charge in [-0.15, -0.1) is 0 Å². The molecule has 1 unspecified atom stereocenters. The second kappa shape index (κ2) is 5.82. The second-order valence-electron chi connectivity index (χ2n) is 3.88. The van der Waals surface area contributed by atoms with Crippen LogP contribution in [0.3, 0.4) is 0 Å². The summed E-state index contributed by atoms with van der Waals surface area (Å²) >= 11 is 0. The summed E-state index contributed by atoms with van der Waals surface area (Å²) in [5.74, 6) is 1.88. The van der Waals surface area contributed by atoms with Crippen LogP contribution in [0.2, 0.25) is 0 Å². The summed E-state index contributed by atoms with van der Waals surface area (Å²) in [5.41, 5.74) is 5.66. The molecule has 0 aliphatic heterocycles. The van der Waals surface area contributed by atoms with E-state index in [0.717, 1.165) is 0 Å². The van der Waals surface area contributed by atoms with E-state index in [1.165, 1.54) is 0 Å². The average Bonchev–Trinajstić information content (AvgIpc) is 2.64. The highest BCUT2D eigenvalue weighted by Gasteiger charge is 2.20. The number of rotatable bonds is 6. The maximum Gasteiger partial charge on any atom is 0.231 e. The summed E-state index contributed by atoms with van der Waals surface area (Å²) in [4.78, 5) is 4.30. The van der Waals surface area contributed by atoms with Crippen LogP contribution in [0.25, 0.3) is 0 Å². The summed E-state index contributed by atoms with van der Waals surface area (Å²) in [5, 5.41) is 3.88. The molecule has 0 saturated carbocycles. The van der Waals surface area contributed by atoms with Crippen LogP contribution in [0, 0.1) is 5.92 Å². The zero-order valence-electron chi connectivity index (χ0n) is 9.56. The van der Waals surface area contributed by atoms with E-state index >= 15 is 0 Å². The number of nitrogens with zero attached hydrogens (tertiary/aromatic N) is 2. The molecule has 0 amide bonds. The molecule has 5 nitrogen and oxygen atoms in total. The van der Waals surface area contributed by atoms with Gasteiger partial charge in [-0.3, -0.25) is 0 Å². The summed E-state index contributed by atoms with van der Waals surface area (Å²) in [6, 6.07) is 0. The van der Waals surface area contributed by atoms with E-state index in [1.54, 1.807) is 7.11 Å². The number of methoxy groups -OCH3 is 1. The van der Waals surface area contributed by atoms with Crippen LogP contribution in [0.15, 0.2) is 4.52 Å². The molecule has 5 heteroatoms. The van der Waals surface area contributed by atoms with Gasteiger partial charge >= 0.3 is 0 Å². The molecular weight excluding hydrogens is 194 g/mol. The molecule has 0 fully saturated rings. The molecule has 0 saturated heterocycles. The molecule has 1 atom stereocenters. The van der Waals surface area contributed by atoms with E-state index in [4.69, 9.17) is 15.0 Å². The third-order valence-corrected chi connectivity index (χ3v) is 2.39. The predicted molar refractivity (Wildman–Crippen MR) is 56.5 cm³/mol. The van der Waals surface area contributed by atoms with Gasteiger partial charge in [0.15, 0.2) is 5.82 Å². The first-order valence-corrected chi connectivity index (χ1v) is 5.20. The fraction of sp³-hybridized carbons (Fsp3) is 0.800. The number of ether oxygens (including phenoxy) is 1. The van der Waals surface area contributed by atoms with E-state index in [9.17, 15) is 0 Å². The standard InChI is InChI=1S/C10H19N3O2/c1-7(2)8(6-11)10-12-9(13-15-10)4-5-14-3/h7-8H,4-6,11H2,1-3H3. The van der Waals surface area contributed by atoms with Crippen molar-refractivity contribution < 1.29 is 9.26 Å². The number of aromatic nitrogens is 2. The monoisotopic (exact) mass is 213 g/mol. The van der Waals surface area contributed by atoms with Crippen molar-refractivity contribution in [3.05, 3.63) is 11.7 Å². The van der Waals surface area contributed by atoms with Gasteiger partial charge in [-0.2, -0.15) is 4.98 Å². The highest BCUT2D eigenvalue weighted by atomic mass is 16.5.